The molecule has 5 rings (SSSR count). The Morgan fingerprint density at radius 3 is 2.36 bits per heavy atom. The fourth-order valence-corrected chi connectivity index (χ4v) is 4.87. The van der Waals surface area contributed by atoms with E-state index in [0.717, 1.165) is 27.9 Å². The van der Waals surface area contributed by atoms with Gasteiger partial charge in [-0.1, -0.05) is 54.6 Å². The number of amides is 1. The standard InChI is InChI=1S/C29H29N3O4/c1-3-35-22-16-14-21(15-17-22)26-25(28(34)36-4-2)27(33)31(19-18-20-10-6-5-7-11-20)29-30-23-12-8-9-13-24(23)32(26)29/h5-17,25-26H,3-4,18-19H2,1-2H3/t25-,26+/m0/s1. The molecule has 0 N–H and O–H groups in total. The van der Waals surface area contributed by atoms with Crippen LogP contribution in [0.1, 0.15) is 31.0 Å². The first-order valence-corrected chi connectivity index (χ1v) is 12.3. The number of hydrogen-bond donors (Lipinski definition) is 0. The number of fused-ring (bicyclic) bond motifs is 3. The molecule has 2 atom stereocenters. The number of rotatable bonds is 8. The highest BCUT2D eigenvalue weighted by Crippen LogP contribution is 2.41. The molecular weight excluding hydrogens is 454 g/mol. The summed E-state index contributed by atoms with van der Waals surface area (Å²) in [5, 5.41) is 0. The molecule has 1 aliphatic heterocycles. The van der Waals surface area contributed by atoms with Gasteiger partial charge in [0.25, 0.3) is 0 Å². The van der Waals surface area contributed by atoms with Gasteiger partial charge >= 0.3 is 5.97 Å². The predicted octanol–water partition coefficient (Wildman–Crippen LogP) is 4.79. The highest BCUT2D eigenvalue weighted by Gasteiger charge is 2.47. The van der Waals surface area contributed by atoms with E-state index in [1.807, 2.05) is 90.4 Å². The van der Waals surface area contributed by atoms with Crippen LogP contribution in [0, 0.1) is 5.92 Å². The summed E-state index contributed by atoms with van der Waals surface area (Å²) in [4.78, 5) is 33.8. The van der Waals surface area contributed by atoms with Crippen LogP contribution in [-0.4, -0.2) is 41.2 Å². The van der Waals surface area contributed by atoms with Crippen LogP contribution in [-0.2, 0) is 20.7 Å². The molecule has 0 spiro atoms. The minimum absolute atomic E-state index is 0.195. The molecule has 0 saturated heterocycles. The molecule has 7 heteroatoms. The maximum atomic E-state index is 14.0. The molecule has 0 aliphatic carbocycles. The van der Waals surface area contributed by atoms with E-state index in [9.17, 15) is 9.59 Å². The number of aromatic nitrogens is 2. The van der Waals surface area contributed by atoms with E-state index >= 15 is 0 Å². The predicted molar refractivity (Wildman–Crippen MR) is 138 cm³/mol. The van der Waals surface area contributed by atoms with Crippen molar-refractivity contribution in [1.29, 1.82) is 0 Å². The highest BCUT2D eigenvalue weighted by molar-refractivity contribution is 6.08. The van der Waals surface area contributed by atoms with Crippen molar-refractivity contribution in [1.82, 2.24) is 9.55 Å². The van der Waals surface area contributed by atoms with Crippen LogP contribution in [0.3, 0.4) is 0 Å². The lowest BCUT2D eigenvalue weighted by atomic mass is 9.89. The summed E-state index contributed by atoms with van der Waals surface area (Å²) in [7, 11) is 0. The molecule has 1 aromatic heterocycles. The summed E-state index contributed by atoms with van der Waals surface area (Å²) in [6.07, 6.45) is 0.638. The quantitative estimate of drug-likeness (QED) is 0.266. The van der Waals surface area contributed by atoms with Gasteiger partial charge in [0.15, 0.2) is 5.92 Å². The van der Waals surface area contributed by atoms with Gasteiger partial charge in [0, 0.05) is 6.54 Å². The van der Waals surface area contributed by atoms with Gasteiger partial charge in [0.05, 0.1) is 30.3 Å². The number of imidazole rings is 1. The van der Waals surface area contributed by atoms with Gasteiger partial charge < -0.3 is 14.0 Å². The molecule has 4 aromatic rings. The van der Waals surface area contributed by atoms with Gasteiger partial charge in [-0.15, -0.1) is 0 Å². The van der Waals surface area contributed by atoms with Crippen LogP contribution in [0.15, 0.2) is 78.9 Å². The van der Waals surface area contributed by atoms with E-state index in [1.165, 1.54) is 0 Å². The third kappa shape index (κ3) is 4.33. The Labute approximate surface area is 210 Å². The molecule has 7 nitrogen and oxygen atoms in total. The molecule has 0 unspecified atom stereocenters. The van der Waals surface area contributed by atoms with Crippen molar-refractivity contribution in [3.8, 4) is 5.75 Å². The number of ether oxygens (including phenoxy) is 2. The van der Waals surface area contributed by atoms with E-state index in [2.05, 4.69) is 0 Å². The number of carbonyl (C=O) groups is 2. The van der Waals surface area contributed by atoms with E-state index in [1.54, 1.807) is 11.8 Å². The van der Waals surface area contributed by atoms with Gasteiger partial charge in [-0.3, -0.25) is 14.5 Å². The monoisotopic (exact) mass is 483 g/mol. The zero-order valence-corrected chi connectivity index (χ0v) is 20.5. The molecule has 184 valence electrons. The summed E-state index contributed by atoms with van der Waals surface area (Å²) in [5.41, 5.74) is 3.55. The third-order valence-corrected chi connectivity index (χ3v) is 6.48. The number of carbonyl (C=O) groups excluding carboxylic acids is 2. The maximum Gasteiger partial charge on any atom is 0.321 e. The molecule has 3 aromatic carbocycles. The van der Waals surface area contributed by atoms with E-state index in [0.29, 0.717) is 25.5 Å². The Kier molecular flexibility index (Phi) is 6.71. The lowest BCUT2D eigenvalue weighted by Gasteiger charge is -2.38. The molecule has 2 heterocycles. The number of esters is 1. The fraction of sp³-hybridized carbons (Fsp3) is 0.276. The van der Waals surface area contributed by atoms with Gasteiger partial charge in [0.2, 0.25) is 11.9 Å². The average Bonchev–Trinajstić information content (AvgIpc) is 3.28. The molecule has 0 fully saturated rings. The Bertz CT molecular complexity index is 1360. The van der Waals surface area contributed by atoms with Crippen molar-refractivity contribution in [2.24, 2.45) is 5.92 Å². The zero-order chi connectivity index (χ0) is 25.1. The maximum absolute atomic E-state index is 14.0. The first-order valence-electron chi connectivity index (χ1n) is 12.3. The van der Waals surface area contributed by atoms with Gasteiger partial charge in [-0.05, 0) is 55.7 Å². The minimum Gasteiger partial charge on any atom is -0.494 e. The molecule has 0 bridgehead atoms. The van der Waals surface area contributed by atoms with Crippen LogP contribution < -0.4 is 9.64 Å². The summed E-state index contributed by atoms with van der Waals surface area (Å²) >= 11 is 0. The minimum atomic E-state index is -1.04. The second-order valence-electron chi connectivity index (χ2n) is 8.67. The van der Waals surface area contributed by atoms with Gasteiger partial charge in [-0.25, -0.2) is 4.98 Å². The molecule has 1 aliphatic rings. The number of anilines is 1. The van der Waals surface area contributed by atoms with Crippen LogP contribution >= 0.6 is 0 Å². The van der Waals surface area contributed by atoms with Crippen molar-refractivity contribution < 1.29 is 19.1 Å². The third-order valence-electron chi connectivity index (χ3n) is 6.48. The summed E-state index contributed by atoms with van der Waals surface area (Å²) in [6, 6.07) is 24.7. The number of nitrogens with zero attached hydrogens (tertiary/aromatic N) is 3. The van der Waals surface area contributed by atoms with Crippen LogP contribution in [0.4, 0.5) is 5.95 Å². The lowest BCUT2D eigenvalue weighted by molar-refractivity contribution is -0.153. The Balaban J connectivity index is 1.65. The summed E-state index contributed by atoms with van der Waals surface area (Å²) in [5.74, 6) is -0.600. The summed E-state index contributed by atoms with van der Waals surface area (Å²) < 4.78 is 13.1. The van der Waals surface area contributed by atoms with Crippen molar-refractivity contribution in [3.63, 3.8) is 0 Å². The Hall–Kier alpha value is -4.13. The number of para-hydroxylation sites is 2. The summed E-state index contributed by atoms with van der Waals surface area (Å²) in [6.45, 7) is 4.83. The van der Waals surface area contributed by atoms with Crippen molar-refractivity contribution in [3.05, 3.63) is 90.0 Å². The lowest BCUT2D eigenvalue weighted by Crippen LogP contribution is -2.50. The van der Waals surface area contributed by atoms with Crippen LogP contribution in [0.2, 0.25) is 0 Å². The molecule has 0 saturated carbocycles. The largest absolute Gasteiger partial charge is 0.494 e. The second kappa shape index (κ2) is 10.2. The first kappa shape index (κ1) is 23.6. The molecule has 36 heavy (non-hydrogen) atoms. The van der Waals surface area contributed by atoms with Crippen molar-refractivity contribution in [2.75, 3.05) is 24.7 Å². The smallest absolute Gasteiger partial charge is 0.321 e. The van der Waals surface area contributed by atoms with Crippen LogP contribution in [0.25, 0.3) is 11.0 Å². The topological polar surface area (TPSA) is 73.7 Å². The van der Waals surface area contributed by atoms with Crippen molar-refractivity contribution in [2.45, 2.75) is 26.3 Å². The molecule has 0 radical (unpaired) electrons. The number of benzene rings is 3. The average molecular weight is 484 g/mol. The van der Waals surface area contributed by atoms with Gasteiger partial charge in [-0.2, -0.15) is 0 Å². The van der Waals surface area contributed by atoms with E-state index in [4.69, 9.17) is 14.5 Å². The van der Waals surface area contributed by atoms with E-state index < -0.39 is 17.9 Å². The number of hydrogen-bond acceptors (Lipinski definition) is 5. The molecule has 1 amide bonds. The van der Waals surface area contributed by atoms with E-state index in [-0.39, 0.29) is 12.5 Å². The molecular formula is C29H29N3O4. The first-order chi connectivity index (χ1) is 17.6. The second-order valence-corrected chi connectivity index (χ2v) is 8.67. The van der Waals surface area contributed by atoms with Crippen LogP contribution in [0.5, 0.6) is 5.75 Å². The van der Waals surface area contributed by atoms with Gasteiger partial charge in [0.1, 0.15) is 5.75 Å². The normalized spacial score (nSPS) is 17.2. The SMILES string of the molecule is CCOC(=O)[C@@H]1C(=O)N(CCc2ccccc2)c2nc3ccccc3n2[C@@H]1c1ccc(OCC)cc1. The fourth-order valence-electron chi connectivity index (χ4n) is 4.87. The Morgan fingerprint density at radius 2 is 1.64 bits per heavy atom. The van der Waals surface area contributed by atoms with Crippen molar-refractivity contribution >= 4 is 28.9 Å². The zero-order valence-electron chi connectivity index (χ0n) is 20.5. The Morgan fingerprint density at radius 1 is 0.917 bits per heavy atom. The highest BCUT2D eigenvalue weighted by atomic mass is 16.5.